The fourth-order valence-electron chi connectivity index (χ4n) is 1.87. The molecule has 1 rings (SSSR count). The van der Waals surface area contributed by atoms with E-state index in [1.54, 1.807) is 19.2 Å². The van der Waals surface area contributed by atoms with Gasteiger partial charge in [-0.3, -0.25) is 4.79 Å². The number of halogens is 2. The summed E-state index contributed by atoms with van der Waals surface area (Å²) < 4.78 is 27.8. The molecular formula is C14H19Cl2NO4S. The lowest BCUT2D eigenvalue weighted by Crippen LogP contribution is -2.35. The van der Waals surface area contributed by atoms with Gasteiger partial charge in [0.25, 0.3) is 5.91 Å². The third kappa shape index (κ3) is 6.12. The van der Waals surface area contributed by atoms with Crippen molar-refractivity contribution in [2.24, 2.45) is 0 Å². The second kappa shape index (κ2) is 8.72. The first-order valence-corrected chi connectivity index (χ1v) is 9.37. The van der Waals surface area contributed by atoms with Gasteiger partial charge in [-0.25, -0.2) is 8.42 Å². The first kappa shape index (κ1) is 19.2. The second-order valence-electron chi connectivity index (χ2n) is 4.82. The van der Waals surface area contributed by atoms with Crippen molar-refractivity contribution in [1.29, 1.82) is 0 Å². The van der Waals surface area contributed by atoms with E-state index in [1.165, 1.54) is 17.0 Å². The van der Waals surface area contributed by atoms with Crippen LogP contribution in [0.3, 0.4) is 0 Å². The van der Waals surface area contributed by atoms with Gasteiger partial charge >= 0.3 is 0 Å². The predicted molar refractivity (Wildman–Crippen MR) is 87.0 cm³/mol. The minimum atomic E-state index is -3.23. The summed E-state index contributed by atoms with van der Waals surface area (Å²) in [6, 6.07) is 6.37. The molecule has 0 radical (unpaired) electrons. The van der Waals surface area contributed by atoms with E-state index in [0.29, 0.717) is 26.1 Å². The van der Waals surface area contributed by atoms with Gasteiger partial charge in [-0.1, -0.05) is 35.3 Å². The highest BCUT2D eigenvalue weighted by Gasteiger charge is 2.20. The molecule has 1 aromatic rings. The van der Waals surface area contributed by atoms with Gasteiger partial charge in [0.1, 0.15) is 0 Å². The Kier molecular flexibility index (Phi) is 7.62. The van der Waals surface area contributed by atoms with E-state index < -0.39 is 14.7 Å². The van der Waals surface area contributed by atoms with Crippen molar-refractivity contribution >= 4 is 38.9 Å². The molecule has 0 atom stereocenters. The van der Waals surface area contributed by atoms with Crippen LogP contribution < -0.4 is 0 Å². The molecular weight excluding hydrogens is 349 g/mol. The van der Waals surface area contributed by atoms with Crippen LogP contribution in [0.2, 0.25) is 0 Å². The molecule has 8 heteroatoms. The van der Waals surface area contributed by atoms with Crippen molar-refractivity contribution in [1.82, 2.24) is 4.90 Å². The van der Waals surface area contributed by atoms with Gasteiger partial charge in [-0.05, 0) is 24.1 Å². The molecule has 5 nitrogen and oxygen atoms in total. The Labute approximate surface area is 141 Å². The summed E-state index contributed by atoms with van der Waals surface area (Å²) in [6.45, 7) is 1.28. The van der Waals surface area contributed by atoms with Crippen LogP contribution in [0.25, 0.3) is 0 Å². The Morgan fingerprint density at radius 1 is 1.27 bits per heavy atom. The van der Waals surface area contributed by atoms with E-state index in [1.807, 2.05) is 0 Å². The molecule has 0 unspecified atom stereocenters. The molecule has 0 aliphatic heterocycles. The number of benzene rings is 1. The van der Waals surface area contributed by atoms with Gasteiger partial charge in [0.2, 0.25) is 0 Å². The Morgan fingerprint density at radius 2 is 1.86 bits per heavy atom. The van der Waals surface area contributed by atoms with Crippen LogP contribution in [-0.4, -0.2) is 50.6 Å². The summed E-state index contributed by atoms with van der Waals surface area (Å²) in [5.74, 6) is -0.383. The molecule has 0 bridgehead atoms. The Balaban J connectivity index is 2.82. The third-order valence-corrected chi connectivity index (χ3v) is 4.50. The number of ether oxygens (including phenoxy) is 1. The molecule has 0 aromatic heterocycles. The topological polar surface area (TPSA) is 63.7 Å². The van der Waals surface area contributed by atoms with Crippen molar-refractivity contribution < 1.29 is 17.9 Å². The number of amides is 1. The summed E-state index contributed by atoms with van der Waals surface area (Å²) in [5.41, 5.74) is 0.798. The lowest BCUT2D eigenvalue weighted by Gasteiger charge is -2.23. The average Bonchev–Trinajstić information content (AvgIpc) is 2.45. The molecule has 0 heterocycles. The Bertz CT molecular complexity index is 587. The second-order valence-corrected chi connectivity index (χ2v) is 7.93. The van der Waals surface area contributed by atoms with Crippen molar-refractivity contribution in [2.75, 3.05) is 26.5 Å². The maximum absolute atomic E-state index is 12.0. The minimum Gasteiger partial charge on any atom is -0.385 e. The van der Waals surface area contributed by atoms with E-state index in [9.17, 15) is 13.2 Å². The van der Waals surface area contributed by atoms with E-state index >= 15 is 0 Å². The first-order chi connectivity index (χ1) is 10.3. The molecule has 0 saturated carbocycles. The van der Waals surface area contributed by atoms with E-state index in [2.05, 4.69) is 0 Å². The third-order valence-electron chi connectivity index (χ3n) is 3.00. The smallest absolute Gasteiger partial charge is 0.256 e. The van der Waals surface area contributed by atoms with Crippen molar-refractivity contribution in [2.45, 2.75) is 22.7 Å². The fraction of sp³-hybridized carbons (Fsp3) is 0.500. The number of hydrogen-bond acceptors (Lipinski definition) is 4. The van der Waals surface area contributed by atoms with E-state index in [0.717, 1.165) is 11.8 Å². The van der Waals surface area contributed by atoms with Crippen LogP contribution in [0.1, 0.15) is 12.0 Å². The van der Waals surface area contributed by atoms with Crippen molar-refractivity contribution in [3.63, 3.8) is 0 Å². The standard InChI is InChI=1S/C14H19Cl2NO4S/c1-21-9-3-8-17(14(18)13(15)16)10-11-4-6-12(7-5-11)22(2,19)20/h4-7,13H,3,8-10H2,1-2H3. The van der Waals surface area contributed by atoms with Crippen LogP contribution >= 0.6 is 23.2 Å². The van der Waals surface area contributed by atoms with E-state index in [-0.39, 0.29) is 10.8 Å². The Morgan fingerprint density at radius 3 is 2.32 bits per heavy atom. The van der Waals surface area contributed by atoms with Crippen LogP contribution in [0.15, 0.2) is 29.2 Å². The number of sulfone groups is 1. The van der Waals surface area contributed by atoms with Crippen LogP contribution in [0, 0.1) is 0 Å². The molecule has 0 N–H and O–H groups in total. The van der Waals surface area contributed by atoms with Gasteiger partial charge < -0.3 is 9.64 Å². The van der Waals surface area contributed by atoms with Gasteiger partial charge in [0.15, 0.2) is 14.7 Å². The molecule has 0 spiro atoms. The summed E-state index contributed by atoms with van der Waals surface area (Å²) >= 11 is 11.3. The molecule has 1 aromatic carbocycles. The number of nitrogens with zero attached hydrogens (tertiary/aromatic N) is 1. The highest BCUT2D eigenvalue weighted by Crippen LogP contribution is 2.15. The molecule has 0 aliphatic rings. The number of hydrogen-bond donors (Lipinski definition) is 0. The number of carbonyl (C=O) groups is 1. The molecule has 0 fully saturated rings. The quantitative estimate of drug-likeness (QED) is 0.522. The number of alkyl halides is 2. The molecule has 124 valence electrons. The molecule has 0 saturated heterocycles. The molecule has 22 heavy (non-hydrogen) atoms. The van der Waals surface area contributed by atoms with Crippen LogP contribution in [0.4, 0.5) is 0 Å². The van der Waals surface area contributed by atoms with Gasteiger partial charge in [-0.2, -0.15) is 0 Å². The first-order valence-electron chi connectivity index (χ1n) is 6.60. The number of rotatable bonds is 8. The van der Waals surface area contributed by atoms with Gasteiger partial charge in [0.05, 0.1) is 4.90 Å². The lowest BCUT2D eigenvalue weighted by atomic mass is 10.2. The predicted octanol–water partition coefficient (Wildman–Crippen LogP) is 2.26. The van der Waals surface area contributed by atoms with Crippen molar-refractivity contribution in [3.05, 3.63) is 29.8 Å². The summed E-state index contributed by atoms with van der Waals surface area (Å²) in [6.07, 6.45) is 1.80. The zero-order valence-electron chi connectivity index (χ0n) is 12.5. The van der Waals surface area contributed by atoms with Crippen molar-refractivity contribution in [3.8, 4) is 0 Å². The molecule has 1 amide bonds. The van der Waals surface area contributed by atoms with Crippen LogP contribution in [-0.2, 0) is 25.9 Å². The largest absolute Gasteiger partial charge is 0.385 e. The normalized spacial score (nSPS) is 11.7. The minimum absolute atomic E-state index is 0.237. The highest BCUT2D eigenvalue weighted by molar-refractivity contribution is 7.90. The SMILES string of the molecule is COCCCN(Cc1ccc(S(C)(=O)=O)cc1)C(=O)C(Cl)Cl. The highest BCUT2D eigenvalue weighted by atomic mass is 35.5. The maximum Gasteiger partial charge on any atom is 0.256 e. The van der Waals surface area contributed by atoms with Gasteiger partial charge in [-0.15, -0.1) is 0 Å². The Hall–Kier alpha value is -0.820. The van der Waals surface area contributed by atoms with E-state index in [4.69, 9.17) is 27.9 Å². The number of methoxy groups -OCH3 is 1. The van der Waals surface area contributed by atoms with Crippen LogP contribution in [0.5, 0.6) is 0 Å². The summed E-state index contributed by atoms with van der Waals surface area (Å²) in [7, 11) is -1.65. The lowest BCUT2D eigenvalue weighted by molar-refractivity contribution is -0.130. The van der Waals surface area contributed by atoms with Gasteiger partial charge in [0, 0.05) is 33.1 Å². The summed E-state index contributed by atoms with van der Waals surface area (Å²) in [5, 5.41) is 0. The summed E-state index contributed by atoms with van der Waals surface area (Å²) in [4.78, 5) is 12.6. The zero-order chi connectivity index (χ0) is 16.8. The zero-order valence-corrected chi connectivity index (χ0v) is 14.8. The maximum atomic E-state index is 12.0. The fourth-order valence-corrected chi connectivity index (χ4v) is 2.77. The molecule has 0 aliphatic carbocycles. The monoisotopic (exact) mass is 367 g/mol. The number of carbonyl (C=O) groups excluding carboxylic acids is 1. The average molecular weight is 368 g/mol.